The van der Waals surface area contributed by atoms with Crippen LogP contribution in [0.4, 0.5) is 0 Å². The molecule has 1 atom stereocenters. The van der Waals surface area contributed by atoms with Crippen LogP contribution >= 0.6 is 0 Å². The Morgan fingerprint density at radius 2 is 1.92 bits per heavy atom. The van der Waals surface area contributed by atoms with Crippen molar-refractivity contribution in [2.24, 2.45) is 0 Å². The van der Waals surface area contributed by atoms with Crippen LogP contribution in [-0.2, 0) is 6.42 Å². The smallest absolute Gasteiger partial charge is 0.273 e. The van der Waals surface area contributed by atoms with E-state index in [4.69, 9.17) is 4.42 Å². The second kappa shape index (κ2) is 7.52. The first-order valence-electron chi connectivity index (χ1n) is 9.02. The molecule has 1 saturated heterocycles. The van der Waals surface area contributed by atoms with Gasteiger partial charge in [-0.3, -0.25) is 9.78 Å². The number of pyridine rings is 1. The van der Waals surface area contributed by atoms with E-state index in [0.717, 1.165) is 25.0 Å². The van der Waals surface area contributed by atoms with Gasteiger partial charge in [0.1, 0.15) is 17.5 Å². The summed E-state index contributed by atoms with van der Waals surface area (Å²) in [6.07, 6.45) is 7.05. The molecule has 3 heterocycles. The van der Waals surface area contributed by atoms with Gasteiger partial charge in [-0.05, 0) is 37.0 Å². The van der Waals surface area contributed by atoms with Crippen LogP contribution in [0.1, 0.15) is 53.0 Å². The van der Waals surface area contributed by atoms with Gasteiger partial charge in [-0.25, -0.2) is 4.98 Å². The van der Waals surface area contributed by atoms with Crippen LogP contribution in [0, 0.1) is 0 Å². The zero-order valence-corrected chi connectivity index (χ0v) is 14.5. The number of hydrogen-bond donors (Lipinski definition) is 0. The maximum Gasteiger partial charge on any atom is 0.273 e. The third-order valence-corrected chi connectivity index (χ3v) is 4.73. The summed E-state index contributed by atoms with van der Waals surface area (Å²) in [5.74, 6) is 1.39. The first-order valence-corrected chi connectivity index (χ1v) is 9.02. The Morgan fingerprint density at radius 3 is 2.73 bits per heavy atom. The normalized spacial score (nSPS) is 17.2. The summed E-state index contributed by atoms with van der Waals surface area (Å²) in [5, 5.41) is 0. The van der Waals surface area contributed by atoms with Crippen molar-refractivity contribution in [2.75, 3.05) is 6.54 Å². The largest absolute Gasteiger partial charge is 0.443 e. The van der Waals surface area contributed by atoms with Crippen molar-refractivity contribution in [1.82, 2.24) is 14.9 Å². The number of benzene rings is 1. The van der Waals surface area contributed by atoms with E-state index in [2.05, 4.69) is 22.1 Å². The van der Waals surface area contributed by atoms with Gasteiger partial charge in [-0.1, -0.05) is 36.4 Å². The Hall–Kier alpha value is -2.95. The molecular weight excluding hydrogens is 326 g/mol. The summed E-state index contributed by atoms with van der Waals surface area (Å²) in [4.78, 5) is 23.4. The minimum atomic E-state index is -0.122. The molecular formula is C21H21N3O2. The van der Waals surface area contributed by atoms with E-state index in [0.29, 0.717) is 24.6 Å². The van der Waals surface area contributed by atoms with Gasteiger partial charge in [0.25, 0.3) is 5.91 Å². The van der Waals surface area contributed by atoms with Crippen molar-refractivity contribution < 1.29 is 9.21 Å². The summed E-state index contributed by atoms with van der Waals surface area (Å²) in [6, 6.07) is 15.4. The lowest BCUT2D eigenvalue weighted by atomic mass is 10.0. The average Bonchev–Trinajstić information content (AvgIpc) is 3.17. The first kappa shape index (κ1) is 16.5. The monoisotopic (exact) mass is 347 g/mol. The van der Waals surface area contributed by atoms with Crippen LogP contribution in [0.15, 0.2) is 65.3 Å². The average molecular weight is 347 g/mol. The molecule has 1 aromatic carbocycles. The van der Waals surface area contributed by atoms with Crippen molar-refractivity contribution in [3.05, 3.63) is 83.8 Å². The van der Waals surface area contributed by atoms with Crippen LogP contribution in [0.3, 0.4) is 0 Å². The Kier molecular flexibility index (Phi) is 4.78. The van der Waals surface area contributed by atoms with Gasteiger partial charge in [-0.15, -0.1) is 0 Å². The molecule has 1 amide bonds. The maximum absolute atomic E-state index is 12.9. The van der Waals surface area contributed by atoms with E-state index < -0.39 is 0 Å². The lowest BCUT2D eigenvalue weighted by molar-refractivity contribution is 0.0564. The van der Waals surface area contributed by atoms with Gasteiger partial charge in [0.05, 0.1) is 6.20 Å². The quantitative estimate of drug-likeness (QED) is 0.715. The zero-order chi connectivity index (χ0) is 17.8. The fraction of sp³-hybridized carbons (Fsp3) is 0.286. The van der Waals surface area contributed by atoms with E-state index in [9.17, 15) is 4.79 Å². The van der Waals surface area contributed by atoms with Gasteiger partial charge in [0.2, 0.25) is 5.89 Å². The molecule has 0 bridgehead atoms. The summed E-state index contributed by atoms with van der Waals surface area (Å²) in [6.45, 7) is 0.705. The Labute approximate surface area is 152 Å². The van der Waals surface area contributed by atoms with Gasteiger partial charge >= 0.3 is 0 Å². The lowest BCUT2D eigenvalue weighted by Gasteiger charge is -2.33. The van der Waals surface area contributed by atoms with Gasteiger partial charge in [0, 0.05) is 19.2 Å². The molecule has 132 valence electrons. The van der Waals surface area contributed by atoms with Gasteiger partial charge in [-0.2, -0.15) is 0 Å². The van der Waals surface area contributed by atoms with E-state index >= 15 is 0 Å². The SMILES string of the molecule is O=C(c1ccccn1)N1CCCC[C@@H]1c1ncc(Cc2ccccc2)o1. The molecule has 5 nitrogen and oxygen atoms in total. The summed E-state index contributed by atoms with van der Waals surface area (Å²) >= 11 is 0. The molecule has 4 rings (SSSR count). The molecule has 26 heavy (non-hydrogen) atoms. The summed E-state index contributed by atoms with van der Waals surface area (Å²) < 4.78 is 6.02. The van der Waals surface area contributed by atoms with Crippen LogP contribution in [-0.4, -0.2) is 27.3 Å². The van der Waals surface area contributed by atoms with Gasteiger partial charge < -0.3 is 9.32 Å². The number of carbonyl (C=O) groups excluding carboxylic acids is 1. The number of aromatic nitrogens is 2. The van der Waals surface area contributed by atoms with Crippen LogP contribution < -0.4 is 0 Å². The topological polar surface area (TPSA) is 59.2 Å². The van der Waals surface area contributed by atoms with Crippen LogP contribution in [0.5, 0.6) is 0 Å². The number of amides is 1. The fourth-order valence-corrected chi connectivity index (χ4v) is 3.42. The Morgan fingerprint density at radius 1 is 1.08 bits per heavy atom. The number of rotatable bonds is 4. The number of piperidine rings is 1. The minimum Gasteiger partial charge on any atom is -0.443 e. The van der Waals surface area contributed by atoms with Crippen molar-refractivity contribution in [3.8, 4) is 0 Å². The maximum atomic E-state index is 12.9. The van der Waals surface area contributed by atoms with Crippen molar-refractivity contribution >= 4 is 5.91 Å². The highest BCUT2D eigenvalue weighted by atomic mass is 16.4. The minimum absolute atomic E-state index is 0.0573. The number of likely N-dealkylation sites (tertiary alicyclic amines) is 1. The summed E-state index contributed by atoms with van der Waals surface area (Å²) in [7, 11) is 0. The molecule has 0 radical (unpaired) electrons. The number of carbonyl (C=O) groups is 1. The van der Waals surface area contributed by atoms with Gasteiger partial charge in [0.15, 0.2) is 0 Å². The predicted molar refractivity (Wildman–Crippen MR) is 97.6 cm³/mol. The standard InChI is InChI=1S/C21H21N3O2/c25-21(18-10-4-6-12-22-18)24-13-7-5-11-19(24)20-23-15-17(26-20)14-16-8-2-1-3-9-16/h1-4,6,8-10,12,15,19H,5,7,11,13-14H2/t19-/m1/s1. The molecule has 0 spiro atoms. The summed E-state index contributed by atoms with van der Waals surface area (Å²) in [5.41, 5.74) is 1.65. The molecule has 0 N–H and O–H groups in total. The highest BCUT2D eigenvalue weighted by Crippen LogP contribution is 2.32. The van der Waals surface area contributed by atoms with Crippen molar-refractivity contribution in [3.63, 3.8) is 0 Å². The molecule has 3 aromatic rings. The molecule has 5 heteroatoms. The number of nitrogens with zero attached hydrogens (tertiary/aromatic N) is 3. The molecule has 0 unspecified atom stereocenters. The third-order valence-electron chi connectivity index (χ3n) is 4.73. The zero-order valence-electron chi connectivity index (χ0n) is 14.5. The second-order valence-corrected chi connectivity index (χ2v) is 6.55. The Bertz CT molecular complexity index is 861. The molecule has 2 aromatic heterocycles. The van der Waals surface area contributed by atoms with E-state index in [1.807, 2.05) is 35.2 Å². The van der Waals surface area contributed by atoms with E-state index in [-0.39, 0.29) is 11.9 Å². The number of oxazole rings is 1. The van der Waals surface area contributed by atoms with Crippen molar-refractivity contribution in [1.29, 1.82) is 0 Å². The molecule has 1 aliphatic heterocycles. The van der Waals surface area contributed by atoms with Crippen LogP contribution in [0.2, 0.25) is 0 Å². The molecule has 1 fully saturated rings. The van der Waals surface area contributed by atoms with Crippen LogP contribution in [0.25, 0.3) is 0 Å². The Balaban J connectivity index is 1.54. The predicted octanol–water partition coefficient (Wildman–Crippen LogP) is 4.03. The highest BCUT2D eigenvalue weighted by molar-refractivity contribution is 5.92. The highest BCUT2D eigenvalue weighted by Gasteiger charge is 2.32. The number of hydrogen-bond acceptors (Lipinski definition) is 4. The lowest BCUT2D eigenvalue weighted by Crippen LogP contribution is -2.39. The first-order chi connectivity index (χ1) is 12.8. The van der Waals surface area contributed by atoms with E-state index in [1.54, 1.807) is 18.5 Å². The third kappa shape index (κ3) is 3.52. The molecule has 0 aliphatic carbocycles. The molecule has 0 saturated carbocycles. The fourth-order valence-electron chi connectivity index (χ4n) is 3.42. The molecule has 1 aliphatic rings. The van der Waals surface area contributed by atoms with E-state index in [1.165, 1.54) is 5.56 Å². The van der Waals surface area contributed by atoms with Crippen molar-refractivity contribution in [2.45, 2.75) is 31.7 Å². The second-order valence-electron chi connectivity index (χ2n) is 6.55.